The van der Waals surface area contributed by atoms with Gasteiger partial charge in [-0.2, -0.15) is 0 Å². The molecule has 0 aliphatic carbocycles. The monoisotopic (exact) mass is 1860 g/mol. The Kier molecular flexibility index (Phi) is 25.4. The van der Waals surface area contributed by atoms with Crippen LogP contribution in [0, 0.1) is 0 Å². The molecule has 0 spiro atoms. The second-order valence-electron chi connectivity index (χ2n) is 48.1. The molecule has 6 saturated heterocycles. The molecule has 6 aliphatic heterocycles. The van der Waals surface area contributed by atoms with E-state index in [0.717, 1.165) is 124 Å². The van der Waals surface area contributed by atoms with Crippen molar-refractivity contribution in [2.45, 2.75) is 344 Å². The first-order valence-electron chi connectivity index (χ1n) is 50.1. The van der Waals surface area contributed by atoms with E-state index < -0.39 is 69.5 Å². The van der Waals surface area contributed by atoms with E-state index in [-0.39, 0.29) is 69.5 Å². The molecule has 722 valence electrons. The fourth-order valence-electron chi connectivity index (χ4n) is 26.2. The number of hydrogen-bond donors (Lipinski definition) is 6. The van der Waals surface area contributed by atoms with E-state index in [1.54, 1.807) is 0 Å². The summed E-state index contributed by atoms with van der Waals surface area (Å²) in [5, 5.41) is 34.3. The molecule has 18 heteroatoms. The number of carbonyl (C=O) groups is 6. The summed E-state index contributed by atoms with van der Waals surface area (Å²) in [6.45, 7) is 43.6. The summed E-state index contributed by atoms with van der Waals surface area (Å²) in [5.74, 6) is -2.28. The minimum Gasteiger partial charge on any atom is -0.459 e. The first-order valence-corrected chi connectivity index (χ1v) is 50.1. The standard InChI is InChI=1S/C120H140N6O12/c1-109(2)61-85(62-110(3,4)121-109)133-104(128)81-45-43-73-33-27-40-96(98(73)57-81)102-60-84(55-77-32-23-26-38-93(77)102)107(131)137-89-67-115(13,14)125-119(19,71-89)49-48-118(18)70-88(66-114(11,12)124-118)136-105(129)82-53-75-30-21-24-36-91(75)100(58-82)79-44-42-74-34-28-41-97(99(74)56-79)108(132)138-90-68-116(15,16)126-120(20,72-90)51-50-117(17)69-87(65-113(9,10)123-117)135-103(127)80-46-47-94-78(52-80)35-29-39-95(94)101-59-83(54-76-31-22-25-37-92(76)101)106(130)134-86-63-111(5,6)122-112(7,8)64-86/h21-47,52-60,85-90,121-126H,48-51,61-72H2,1-20H3. The van der Waals surface area contributed by atoms with E-state index >= 15 is 9.59 Å². The normalized spacial score (nSPS) is 25.4. The quantitative estimate of drug-likeness (QED) is 0.0290. The van der Waals surface area contributed by atoms with Gasteiger partial charge in [-0.3, -0.25) is 0 Å². The second kappa shape index (κ2) is 36.1. The van der Waals surface area contributed by atoms with E-state index in [9.17, 15) is 19.2 Å². The minimum atomic E-state index is -0.454. The lowest BCUT2D eigenvalue weighted by Crippen LogP contribution is -2.64. The van der Waals surface area contributed by atoms with Crippen molar-refractivity contribution in [3.8, 4) is 33.4 Å². The highest BCUT2D eigenvalue weighted by atomic mass is 16.6. The zero-order valence-electron chi connectivity index (χ0n) is 84.5. The van der Waals surface area contributed by atoms with Crippen molar-refractivity contribution < 1.29 is 57.2 Å². The topological polar surface area (TPSA) is 230 Å². The third-order valence-corrected chi connectivity index (χ3v) is 30.2. The molecule has 18 nitrogen and oxygen atoms in total. The van der Waals surface area contributed by atoms with Gasteiger partial charge in [0.2, 0.25) is 0 Å². The lowest BCUT2D eigenvalue weighted by Gasteiger charge is -2.51. The van der Waals surface area contributed by atoms with Gasteiger partial charge in [-0.1, -0.05) is 146 Å². The third-order valence-electron chi connectivity index (χ3n) is 30.2. The van der Waals surface area contributed by atoms with Crippen molar-refractivity contribution in [3.63, 3.8) is 0 Å². The number of fused-ring (bicyclic) bond motifs is 6. The van der Waals surface area contributed by atoms with Crippen molar-refractivity contribution in [3.05, 3.63) is 252 Å². The number of rotatable bonds is 21. The molecule has 0 saturated carbocycles. The zero-order valence-corrected chi connectivity index (χ0v) is 84.5. The second-order valence-corrected chi connectivity index (χ2v) is 48.1. The highest BCUT2D eigenvalue weighted by Crippen LogP contribution is 2.47. The lowest BCUT2D eigenvalue weighted by atomic mass is 9.72. The van der Waals surface area contributed by atoms with Crippen LogP contribution < -0.4 is 31.9 Å². The molecule has 138 heavy (non-hydrogen) atoms. The van der Waals surface area contributed by atoms with Crippen LogP contribution in [0.25, 0.3) is 98.0 Å². The molecule has 0 bridgehead atoms. The van der Waals surface area contributed by atoms with Gasteiger partial charge in [0, 0.05) is 144 Å². The van der Waals surface area contributed by atoms with Gasteiger partial charge in [-0.05, 0) is 335 Å². The van der Waals surface area contributed by atoms with Crippen LogP contribution in [0.2, 0.25) is 0 Å². The maximum Gasteiger partial charge on any atom is 0.339 e. The molecule has 6 aliphatic rings. The average Bonchev–Trinajstić information content (AvgIpc) is 0.743. The fraction of sp³-hybridized carbons (Fsp3) is 0.450. The Balaban J connectivity index is 0.516. The Hall–Kier alpha value is -11.2. The first kappa shape index (κ1) is 97.0. The summed E-state index contributed by atoms with van der Waals surface area (Å²) in [6.07, 6.45) is 8.50. The first-order chi connectivity index (χ1) is 64.9. The van der Waals surface area contributed by atoms with Gasteiger partial charge in [0.05, 0.1) is 33.4 Å². The number of benzene rings is 12. The maximum absolute atomic E-state index is 15.1. The number of esters is 6. The van der Waals surface area contributed by atoms with Crippen LogP contribution >= 0.6 is 0 Å². The summed E-state index contributed by atoms with van der Waals surface area (Å²) in [6, 6.07) is 71.6. The van der Waals surface area contributed by atoms with E-state index in [1.165, 1.54) is 0 Å². The molecule has 18 rings (SSSR count). The lowest BCUT2D eigenvalue weighted by molar-refractivity contribution is -0.0236. The number of nitrogens with one attached hydrogen (secondary N) is 6. The van der Waals surface area contributed by atoms with Crippen LogP contribution in [0.15, 0.2) is 218 Å². The Labute approximate surface area is 814 Å². The fourth-order valence-corrected chi connectivity index (χ4v) is 26.2. The largest absolute Gasteiger partial charge is 0.459 e. The summed E-state index contributed by atoms with van der Waals surface area (Å²) in [7, 11) is 0. The molecule has 0 aromatic heterocycles. The van der Waals surface area contributed by atoms with Crippen LogP contribution in [-0.4, -0.2) is 139 Å². The predicted octanol–water partition coefficient (Wildman–Crippen LogP) is 25.3. The molecular weight excluding hydrogens is 1720 g/mol. The van der Waals surface area contributed by atoms with Crippen LogP contribution in [-0.2, 0) is 28.4 Å². The molecule has 8 atom stereocenters. The predicted molar refractivity (Wildman–Crippen MR) is 555 cm³/mol. The Morgan fingerprint density at radius 1 is 0.217 bits per heavy atom. The average molecular weight is 1860 g/mol. The highest BCUT2D eigenvalue weighted by molar-refractivity contribution is 6.13. The van der Waals surface area contributed by atoms with Crippen LogP contribution in [0.3, 0.4) is 0 Å². The molecule has 6 fully saturated rings. The van der Waals surface area contributed by atoms with Crippen molar-refractivity contribution in [2.24, 2.45) is 0 Å². The van der Waals surface area contributed by atoms with Crippen molar-refractivity contribution in [2.75, 3.05) is 0 Å². The number of hydrogen-bond acceptors (Lipinski definition) is 18. The molecule has 0 radical (unpaired) electrons. The van der Waals surface area contributed by atoms with Gasteiger partial charge in [0.1, 0.15) is 36.6 Å². The Morgan fingerprint density at radius 2 is 0.486 bits per heavy atom. The zero-order chi connectivity index (χ0) is 98.0. The van der Waals surface area contributed by atoms with Crippen molar-refractivity contribution >= 4 is 100 Å². The molecule has 12 aromatic rings. The van der Waals surface area contributed by atoms with Gasteiger partial charge in [-0.15, -0.1) is 0 Å². The maximum atomic E-state index is 15.1. The van der Waals surface area contributed by atoms with Crippen molar-refractivity contribution in [1.82, 2.24) is 31.9 Å². The van der Waals surface area contributed by atoms with Gasteiger partial charge in [0.15, 0.2) is 0 Å². The van der Waals surface area contributed by atoms with E-state index in [1.807, 2.05) is 176 Å². The molecule has 6 heterocycles. The Bertz CT molecular complexity index is 6790. The van der Waals surface area contributed by atoms with Gasteiger partial charge >= 0.3 is 35.8 Å². The van der Waals surface area contributed by atoms with Gasteiger partial charge in [-0.25, -0.2) is 28.8 Å². The smallest absolute Gasteiger partial charge is 0.339 e. The van der Waals surface area contributed by atoms with Crippen molar-refractivity contribution in [1.29, 1.82) is 0 Å². The summed E-state index contributed by atoms with van der Waals surface area (Å²) < 4.78 is 39.3. The molecule has 0 amide bonds. The molecule has 6 N–H and O–H groups in total. The summed E-state index contributed by atoms with van der Waals surface area (Å²) in [5.41, 5.74) is 3.99. The third kappa shape index (κ3) is 21.7. The van der Waals surface area contributed by atoms with Crippen LogP contribution in [0.4, 0.5) is 0 Å². The van der Waals surface area contributed by atoms with E-state index in [2.05, 4.69) is 213 Å². The SMILES string of the molecule is CC1(C)CC(OC(=O)c2cc(-c3cccc4cc(C(=O)OC5CC(C)(C)NC(C)(CCC6(C)CC(OC(=O)c7cccc8ccc(-c9cc(C(=O)OC%10CC(C)(C)NC(C)(CCC%11(C)CC(OC(=O)c%12cc(-c%13cccc%14ccc(C(=O)OC%15CC(C)(C)NC(C)(C)C%15)cc%13%14)c%13ccccc%13c%12)CC(C)(C)N%11)C%10)cc%10ccccc9%10)cc78)CC(C)(C)N6)C5)ccc34)c3ccccc3c2)CC(C)(C)N1. The Morgan fingerprint density at radius 3 is 0.877 bits per heavy atom. The minimum absolute atomic E-state index is 0.189. The number of carbonyl (C=O) groups excluding carboxylic acids is 6. The summed E-state index contributed by atoms with van der Waals surface area (Å²) >= 11 is 0. The number of piperidine rings is 6. The van der Waals surface area contributed by atoms with Gasteiger partial charge in [0.25, 0.3) is 0 Å². The van der Waals surface area contributed by atoms with Gasteiger partial charge < -0.3 is 60.3 Å². The van der Waals surface area contributed by atoms with E-state index in [0.29, 0.717) is 110 Å². The highest BCUT2D eigenvalue weighted by Gasteiger charge is 2.51. The van der Waals surface area contributed by atoms with Crippen LogP contribution in [0.1, 0.15) is 303 Å². The van der Waals surface area contributed by atoms with Crippen LogP contribution in [0.5, 0.6) is 0 Å². The number of ether oxygens (including phenoxy) is 6. The summed E-state index contributed by atoms with van der Waals surface area (Å²) in [4.78, 5) is 87.9. The molecule has 8 unspecified atom stereocenters. The molecule has 12 aromatic carbocycles. The molecular formula is C120H140N6O12. The van der Waals surface area contributed by atoms with E-state index in [4.69, 9.17) is 28.4 Å².